The number of rotatable bonds is 7. The zero-order valence-corrected chi connectivity index (χ0v) is 19.7. The number of nitrogens with zero attached hydrogens (tertiary/aromatic N) is 3. The number of hydrogen-bond acceptors (Lipinski definition) is 5. The second-order valence-corrected chi connectivity index (χ2v) is 8.28. The molecule has 5 aromatic rings. The average molecular weight is 463 g/mol. The van der Waals surface area contributed by atoms with Crippen LogP contribution in [0, 0.1) is 6.92 Å². The van der Waals surface area contributed by atoms with E-state index in [9.17, 15) is 4.79 Å². The molecule has 5 rings (SSSR count). The smallest absolute Gasteiger partial charge is 0.213 e. The minimum atomic E-state index is -0.419. The molecular weight excluding hydrogens is 436 g/mol. The first kappa shape index (κ1) is 22.3. The van der Waals surface area contributed by atoms with Gasteiger partial charge in [0, 0.05) is 35.4 Å². The summed E-state index contributed by atoms with van der Waals surface area (Å²) in [5.74, 6) is 1.18. The first-order valence-electron chi connectivity index (χ1n) is 11.7. The van der Waals surface area contributed by atoms with Crippen LogP contribution < -0.4 is 15.5 Å². The van der Waals surface area contributed by atoms with Crippen LogP contribution in [0.5, 0.6) is 5.88 Å². The summed E-state index contributed by atoms with van der Waals surface area (Å²) in [4.78, 5) is 22.7. The molecule has 1 N–H and O–H groups in total. The van der Waals surface area contributed by atoms with Crippen molar-refractivity contribution in [3.05, 3.63) is 119 Å². The SMILES string of the molecule is CCC(Oc1ccccn1)c1nc(C)cc2c1c(=O)cc(Nc1ccccc1)n2-c1ccccc1. The summed E-state index contributed by atoms with van der Waals surface area (Å²) in [5, 5.41) is 3.97. The molecule has 2 aromatic carbocycles. The molecule has 35 heavy (non-hydrogen) atoms. The zero-order valence-electron chi connectivity index (χ0n) is 19.7. The highest BCUT2D eigenvalue weighted by Gasteiger charge is 2.22. The van der Waals surface area contributed by atoms with E-state index in [2.05, 4.69) is 14.9 Å². The lowest BCUT2D eigenvalue weighted by Gasteiger charge is -2.22. The third-order valence-corrected chi connectivity index (χ3v) is 5.79. The Morgan fingerprint density at radius 2 is 1.66 bits per heavy atom. The lowest BCUT2D eigenvalue weighted by molar-refractivity contribution is 0.189. The molecule has 174 valence electrons. The summed E-state index contributed by atoms with van der Waals surface area (Å²) >= 11 is 0. The van der Waals surface area contributed by atoms with Crippen LogP contribution in [-0.2, 0) is 0 Å². The molecule has 6 heteroatoms. The van der Waals surface area contributed by atoms with Gasteiger partial charge in [-0.2, -0.15) is 0 Å². The van der Waals surface area contributed by atoms with Gasteiger partial charge >= 0.3 is 0 Å². The first-order chi connectivity index (χ1) is 17.1. The molecule has 3 heterocycles. The van der Waals surface area contributed by atoms with Gasteiger partial charge in [-0.05, 0) is 49.7 Å². The predicted octanol–water partition coefficient (Wildman–Crippen LogP) is 6.36. The van der Waals surface area contributed by atoms with Gasteiger partial charge in [0.2, 0.25) is 5.88 Å². The van der Waals surface area contributed by atoms with Gasteiger partial charge in [0.1, 0.15) is 11.9 Å². The van der Waals surface area contributed by atoms with Crippen molar-refractivity contribution >= 4 is 22.4 Å². The minimum absolute atomic E-state index is 0.115. The predicted molar refractivity (Wildman–Crippen MR) is 140 cm³/mol. The monoisotopic (exact) mass is 462 g/mol. The molecule has 0 aliphatic heterocycles. The van der Waals surface area contributed by atoms with E-state index >= 15 is 0 Å². The summed E-state index contributed by atoms with van der Waals surface area (Å²) in [6, 6.07) is 28.9. The van der Waals surface area contributed by atoms with Crippen LogP contribution in [0.2, 0.25) is 0 Å². The van der Waals surface area contributed by atoms with Crippen molar-refractivity contribution in [2.75, 3.05) is 5.32 Å². The minimum Gasteiger partial charge on any atom is -0.468 e. The van der Waals surface area contributed by atoms with Gasteiger partial charge in [-0.3, -0.25) is 14.3 Å². The zero-order chi connectivity index (χ0) is 24.2. The van der Waals surface area contributed by atoms with Crippen molar-refractivity contribution in [2.24, 2.45) is 0 Å². The molecule has 0 amide bonds. The highest BCUT2D eigenvalue weighted by Crippen LogP contribution is 2.31. The normalized spacial score (nSPS) is 11.8. The van der Waals surface area contributed by atoms with Crippen molar-refractivity contribution in [3.8, 4) is 11.6 Å². The number of pyridine rings is 3. The maximum atomic E-state index is 13.6. The quantitative estimate of drug-likeness (QED) is 0.305. The number of aryl methyl sites for hydroxylation is 1. The van der Waals surface area contributed by atoms with Crippen LogP contribution in [0.3, 0.4) is 0 Å². The lowest BCUT2D eigenvalue weighted by Crippen LogP contribution is -2.18. The molecule has 0 saturated heterocycles. The number of para-hydroxylation sites is 2. The van der Waals surface area contributed by atoms with Gasteiger partial charge in [-0.25, -0.2) is 4.98 Å². The van der Waals surface area contributed by atoms with Crippen molar-refractivity contribution in [3.63, 3.8) is 0 Å². The highest BCUT2D eigenvalue weighted by molar-refractivity contribution is 5.86. The molecule has 3 aromatic heterocycles. The highest BCUT2D eigenvalue weighted by atomic mass is 16.5. The van der Waals surface area contributed by atoms with E-state index in [1.165, 1.54) is 0 Å². The first-order valence-corrected chi connectivity index (χ1v) is 11.7. The summed E-state index contributed by atoms with van der Waals surface area (Å²) in [6.07, 6.45) is 1.90. The maximum Gasteiger partial charge on any atom is 0.213 e. The molecule has 0 spiro atoms. The fourth-order valence-corrected chi connectivity index (χ4v) is 4.24. The third kappa shape index (κ3) is 4.64. The van der Waals surface area contributed by atoms with E-state index in [0.717, 1.165) is 22.6 Å². The van der Waals surface area contributed by atoms with Crippen molar-refractivity contribution in [2.45, 2.75) is 26.4 Å². The summed E-state index contributed by atoms with van der Waals surface area (Å²) < 4.78 is 8.27. The van der Waals surface area contributed by atoms with Crippen LogP contribution in [0.15, 0.2) is 102 Å². The molecule has 6 nitrogen and oxygen atoms in total. The molecule has 0 bridgehead atoms. The standard InChI is InChI=1S/C29H26N4O2/c1-3-25(35-27-16-10-11-17-30-27)29-28-23(18-20(2)31-29)33(22-14-8-5-9-15-22)26(19-24(28)34)32-21-12-6-4-7-13-21/h4-19,25,32H,3H2,1-2H3. The van der Waals surface area contributed by atoms with Crippen LogP contribution >= 0.6 is 0 Å². The van der Waals surface area contributed by atoms with Gasteiger partial charge in [0.15, 0.2) is 5.43 Å². The largest absolute Gasteiger partial charge is 0.468 e. The lowest BCUT2D eigenvalue weighted by atomic mass is 10.1. The number of hydrogen-bond donors (Lipinski definition) is 1. The Kier molecular flexibility index (Phi) is 6.26. The maximum absolute atomic E-state index is 13.6. The topological polar surface area (TPSA) is 69.0 Å². The Hall–Kier alpha value is -4.45. The molecular formula is C29H26N4O2. The Morgan fingerprint density at radius 3 is 2.34 bits per heavy atom. The Balaban J connectivity index is 1.75. The van der Waals surface area contributed by atoms with Gasteiger partial charge in [-0.1, -0.05) is 49.4 Å². The fraction of sp³-hybridized carbons (Fsp3) is 0.138. The Labute approximate surface area is 203 Å². The number of ether oxygens (including phenoxy) is 1. The van der Waals surface area contributed by atoms with E-state index in [4.69, 9.17) is 9.72 Å². The molecule has 0 saturated carbocycles. The summed E-state index contributed by atoms with van der Waals surface area (Å²) in [7, 11) is 0. The fourth-order valence-electron chi connectivity index (χ4n) is 4.24. The van der Waals surface area contributed by atoms with Gasteiger partial charge < -0.3 is 10.1 Å². The number of nitrogens with one attached hydrogen (secondary N) is 1. The van der Waals surface area contributed by atoms with E-state index in [-0.39, 0.29) is 5.43 Å². The second-order valence-electron chi connectivity index (χ2n) is 8.28. The molecule has 1 atom stereocenters. The summed E-state index contributed by atoms with van der Waals surface area (Å²) in [6.45, 7) is 3.96. The number of benzene rings is 2. The summed E-state index contributed by atoms with van der Waals surface area (Å²) in [5.41, 5.74) is 3.91. The molecule has 0 radical (unpaired) electrons. The van der Waals surface area contributed by atoms with Crippen LogP contribution in [-0.4, -0.2) is 14.5 Å². The second kappa shape index (κ2) is 9.81. The number of aromatic nitrogens is 3. The third-order valence-electron chi connectivity index (χ3n) is 5.79. The van der Waals surface area contributed by atoms with Crippen molar-refractivity contribution in [1.82, 2.24) is 14.5 Å². The number of fused-ring (bicyclic) bond motifs is 1. The molecule has 0 fully saturated rings. The van der Waals surface area contributed by atoms with Gasteiger partial charge in [-0.15, -0.1) is 0 Å². The van der Waals surface area contributed by atoms with Crippen molar-refractivity contribution in [1.29, 1.82) is 0 Å². The van der Waals surface area contributed by atoms with E-state index in [1.54, 1.807) is 12.3 Å². The Bertz CT molecular complexity index is 1500. The molecule has 0 aliphatic carbocycles. The number of anilines is 2. The van der Waals surface area contributed by atoms with Gasteiger partial charge in [0.25, 0.3) is 0 Å². The average Bonchev–Trinajstić information content (AvgIpc) is 2.88. The van der Waals surface area contributed by atoms with E-state index in [1.807, 2.05) is 98.8 Å². The Morgan fingerprint density at radius 1 is 0.943 bits per heavy atom. The van der Waals surface area contributed by atoms with Crippen LogP contribution in [0.1, 0.15) is 30.8 Å². The van der Waals surface area contributed by atoms with Gasteiger partial charge in [0.05, 0.1) is 16.6 Å². The van der Waals surface area contributed by atoms with Crippen LogP contribution in [0.25, 0.3) is 16.6 Å². The van der Waals surface area contributed by atoms with E-state index < -0.39 is 6.10 Å². The van der Waals surface area contributed by atoms with E-state index in [0.29, 0.717) is 29.2 Å². The van der Waals surface area contributed by atoms with Crippen LogP contribution in [0.4, 0.5) is 11.5 Å². The molecule has 0 aliphatic rings. The molecule has 1 unspecified atom stereocenters. The van der Waals surface area contributed by atoms with Crippen molar-refractivity contribution < 1.29 is 4.74 Å².